The molecule has 36 heavy (non-hydrogen) atoms. The highest BCUT2D eigenvalue weighted by atomic mass is 32.2. The lowest BCUT2D eigenvalue weighted by atomic mass is 10.1. The molecule has 0 spiro atoms. The lowest BCUT2D eigenvalue weighted by Gasteiger charge is -2.13. The number of hydrogen-bond acceptors (Lipinski definition) is 10. The Morgan fingerprint density at radius 3 is 1.86 bits per heavy atom. The number of rotatable bonds is 7. The van der Waals surface area contributed by atoms with Crippen molar-refractivity contribution in [2.24, 2.45) is 10.3 Å². The Morgan fingerprint density at radius 2 is 1.36 bits per heavy atom. The number of hydrogen-bond donors (Lipinski definition) is 4. The molecule has 0 amide bonds. The molecule has 14 heteroatoms. The number of esters is 1. The quantitative estimate of drug-likeness (QED) is 0.258. The summed E-state index contributed by atoms with van der Waals surface area (Å²) < 4.78 is 50.7. The van der Waals surface area contributed by atoms with Gasteiger partial charge in [0.15, 0.2) is 0 Å². The Kier molecular flexibility index (Phi) is 6.60. The smallest absolute Gasteiger partial charge is 0.338 e. The third-order valence-corrected chi connectivity index (χ3v) is 6.88. The number of nitrogens with zero attached hydrogens (tertiary/aromatic N) is 2. The maximum atomic E-state index is 12.3. The van der Waals surface area contributed by atoms with Gasteiger partial charge in [0.25, 0.3) is 0 Å². The van der Waals surface area contributed by atoms with Crippen molar-refractivity contribution in [2.45, 2.75) is 9.79 Å². The molecule has 0 radical (unpaired) electrons. The average molecular weight is 529 g/mol. The second-order valence-electron chi connectivity index (χ2n) is 7.53. The summed E-state index contributed by atoms with van der Waals surface area (Å²) in [7, 11) is -6.41. The summed E-state index contributed by atoms with van der Waals surface area (Å²) >= 11 is 0. The van der Waals surface area contributed by atoms with Crippen LogP contribution >= 0.6 is 0 Å². The van der Waals surface area contributed by atoms with Crippen LogP contribution in [0.25, 0.3) is 10.9 Å². The Bertz CT molecular complexity index is 1670. The monoisotopic (exact) mass is 528 g/mol. The molecule has 1 heterocycles. The van der Waals surface area contributed by atoms with Crippen molar-refractivity contribution in [3.63, 3.8) is 0 Å². The predicted octanol–water partition coefficient (Wildman–Crippen LogP) is 2.20. The van der Waals surface area contributed by atoms with Gasteiger partial charge in [0.2, 0.25) is 26.0 Å². The first-order valence-corrected chi connectivity index (χ1v) is 13.2. The van der Waals surface area contributed by atoms with E-state index >= 15 is 0 Å². The minimum atomic E-state index is -3.84. The van der Waals surface area contributed by atoms with E-state index in [1.807, 2.05) is 0 Å². The fourth-order valence-electron chi connectivity index (χ4n) is 3.27. The number of fused-ring (bicyclic) bond motifs is 1. The van der Waals surface area contributed by atoms with Crippen LogP contribution in [-0.2, 0) is 24.8 Å². The fourth-order valence-corrected chi connectivity index (χ4v) is 4.31. The summed E-state index contributed by atoms with van der Waals surface area (Å²) in [5, 5.41) is 16.9. The molecule has 186 valence electrons. The van der Waals surface area contributed by atoms with Gasteiger partial charge in [-0.05, 0) is 60.7 Å². The van der Waals surface area contributed by atoms with Crippen LogP contribution in [0.4, 0.5) is 23.0 Å². The molecule has 12 nitrogen and oxygen atoms in total. The summed E-state index contributed by atoms with van der Waals surface area (Å²) in [5.41, 5.74) is 2.14. The van der Waals surface area contributed by atoms with Crippen molar-refractivity contribution in [3.8, 4) is 0 Å². The van der Waals surface area contributed by atoms with Gasteiger partial charge < -0.3 is 15.4 Å². The van der Waals surface area contributed by atoms with Crippen LogP contribution < -0.4 is 20.9 Å². The van der Waals surface area contributed by atoms with Gasteiger partial charge in [0.1, 0.15) is 0 Å². The van der Waals surface area contributed by atoms with E-state index in [9.17, 15) is 21.6 Å². The highest BCUT2D eigenvalue weighted by Gasteiger charge is 2.14. The van der Waals surface area contributed by atoms with Gasteiger partial charge in [-0.25, -0.2) is 41.9 Å². The van der Waals surface area contributed by atoms with E-state index in [4.69, 9.17) is 15.0 Å². The third-order valence-electron chi connectivity index (χ3n) is 5.02. The van der Waals surface area contributed by atoms with Crippen LogP contribution in [0.1, 0.15) is 10.4 Å². The Hall–Kier alpha value is -4.11. The summed E-state index contributed by atoms with van der Waals surface area (Å²) in [6.07, 6.45) is 1.53. The van der Waals surface area contributed by atoms with Gasteiger partial charge in [-0.3, -0.25) is 0 Å². The van der Waals surface area contributed by atoms with Gasteiger partial charge in [-0.1, -0.05) is 0 Å². The van der Waals surface area contributed by atoms with Gasteiger partial charge in [-0.15, -0.1) is 0 Å². The number of ether oxygens (including phenoxy) is 1. The van der Waals surface area contributed by atoms with Crippen molar-refractivity contribution >= 4 is 59.9 Å². The van der Waals surface area contributed by atoms with Crippen molar-refractivity contribution in [3.05, 3.63) is 72.4 Å². The largest absolute Gasteiger partial charge is 0.465 e. The highest BCUT2D eigenvalue weighted by molar-refractivity contribution is 7.89. The number of sulfonamides is 2. The first kappa shape index (κ1) is 25.0. The van der Waals surface area contributed by atoms with E-state index in [2.05, 4.69) is 20.6 Å². The van der Waals surface area contributed by atoms with E-state index in [1.54, 1.807) is 6.07 Å². The first-order chi connectivity index (χ1) is 16.9. The number of nitrogens with two attached hydrogens (primary N) is 2. The highest BCUT2D eigenvalue weighted by Crippen LogP contribution is 2.29. The Balaban J connectivity index is 1.70. The molecule has 1 aromatic heterocycles. The van der Waals surface area contributed by atoms with Crippen LogP contribution in [0.3, 0.4) is 0 Å². The Morgan fingerprint density at radius 1 is 0.833 bits per heavy atom. The van der Waals surface area contributed by atoms with Crippen LogP contribution in [0.2, 0.25) is 0 Å². The maximum Gasteiger partial charge on any atom is 0.338 e. The van der Waals surface area contributed by atoms with Crippen LogP contribution in [-0.4, -0.2) is 39.9 Å². The molecule has 0 aliphatic heterocycles. The molecule has 0 aliphatic rings. The van der Waals surface area contributed by atoms with E-state index in [0.717, 1.165) is 0 Å². The molecule has 0 saturated heterocycles. The number of carbonyl (C=O) groups is 1. The molecule has 0 aliphatic carbocycles. The molecule has 3 aromatic carbocycles. The summed E-state index contributed by atoms with van der Waals surface area (Å²) in [6, 6.07) is 14.6. The van der Waals surface area contributed by atoms with E-state index in [0.29, 0.717) is 28.0 Å². The van der Waals surface area contributed by atoms with E-state index in [1.165, 1.54) is 67.9 Å². The molecular weight excluding hydrogens is 508 g/mol. The zero-order valence-corrected chi connectivity index (χ0v) is 20.3. The molecule has 0 bridgehead atoms. The zero-order chi connectivity index (χ0) is 26.1. The molecular formula is C22H20N6O6S2. The number of methoxy groups -OCH3 is 1. The van der Waals surface area contributed by atoms with Gasteiger partial charge >= 0.3 is 5.97 Å². The first-order valence-electron chi connectivity index (χ1n) is 10.1. The number of carbonyl (C=O) groups excluding carboxylic acids is 1. The predicted molar refractivity (Wildman–Crippen MR) is 133 cm³/mol. The third kappa shape index (κ3) is 5.58. The molecule has 0 unspecified atom stereocenters. The van der Waals surface area contributed by atoms with Crippen molar-refractivity contribution in [2.75, 3.05) is 17.7 Å². The lowest BCUT2D eigenvalue weighted by molar-refractivity contribution is 0.0601. The minimum absolute atomic E-state index is 0.0389. The lowest BCUT2D eigenvalue weighted by Crippen LogP contribution is -2.11. The van der Waals surface area contributed by atoms with Crippen LogP contribution in [0.15, 0.2) is 76.7 Å². The number of nitrogens with one attached hydrogen (secondary N) is 2. The van der Waals surface area contributed by atoms with E-state index in [-0.39, 0.29) is 21.3 Å². The number of aromatic nitrogens is 2. The molecule has 4 rings (SSSR count). The van der Waals surface area contributed by atoms with Crippen molar-refractivity contribution in [1.82, 2.24) is 9.97 Å². The van der Waals surface area contributed by atoms with E-state index < -0.39 is 26.0 Å². The molecule has 0 saturated carbocycles. The SMILES string of the molecule is COC(=O)c1cc(Nc2ccc(S(N)(=O)=O)cc2)c2cnc(Nc3ccc(S(N)(=O)=O)cc3)nc2c1. The zero-order valence-electron chi connectivity index (χ0n) is 18.7. The van der Waals surface area contributed by atoms with Crippen LogP contribution in [0, 0.1) is 0 Å². The molecule has 0 fully saturated rings. The number of anilines is 4. The molecule has 4 aromatic rings. The second kappa shape index (κ2) is 9.50. The summed E-state index contributed by atoms with van der Waals surface area (Å²) in [4.78, 5) is 20.9. The van der Waals surface area contributed by atoms with Crippen molar-refractivity contribution < 1.29 is 26.4 Å². The average Bonchev–Trinajstić information content (AvgIpc) is 2.83. The van der Waals surface area contributed by atoms with Crippen molar-refractivity contribution in [1.29, 1.82) is 0 Å². The fraction of sp³-hybridized carbons (Fsp3) is 0.0455. The standard InChI is InChI=1S/C22H20N6O6S2/c1-34-21(29)13-10-19(26-14-2-6-16(7-3-14)35(23,30)31)18-12-25-22(28-20(18)11-13)27-15-4-8-17(9-5-15)36(24,32)33/h2-12,26H,1H3,(H2,23,30,31)(H2,24,32,33)(H,25,27,28). The summed E-state index contributed by atoms with van der Waals surface area (Å²) in [5.74, 6) is -0.396. The van der Waals surface area contributed by atoms with Gasteiger partial charge in [0.05, 0.1) is 33.7 Å². The van der Waals surface area contributed by atoms with Gasteiger partial charge in [0, 0.05) is 23.0 Å². The normalized spacial score (nSPS) is 11.8. The Labute approximate surface area is 206 Å². The molecule has 0 atom stereocenters. The number of primary sulfonamides is 2. The summed E-state index contributed by atoms with van der Waals surface area (Å²) in [6.45, 7) is 0. The number of benzene rings is 3. The van der Waals surface area contributed by atoms with Gasteiger partial charge in [-0.2, -0.15) is 0 Å². The van der Waals surface area contributed by atoms with Crippen LogP contribution in [0.5, 0.6) is 0 Å². The second-order valence-corrected chi connectivity index (χ2v) is 10.7. The minimum Gasteiger partial charge on any atom is -0.465 e. The molecule has 6 N–H and O–H groups in total. The topological polar surface area (TPSA) is 196 Å². The maximum absolute atomic E-state index is 12.3.